The molecule has 0 aliphatic carbocycles. The van der Waals surface area contributed by atoms with Gasteiger partial charge in [-0.25, -0.2) is 27.9 Å². The highest BCUT2D eigenvalue weighted by Gasteiger charge is 2.37. The minimum absolute atomic E-state index is 0.00978. The number of hydrazine groups is 1. The molecular formula is C21H13F4N5O4S. The number of carbonyl (C=O) groups excluding carboxylic acids is 2. The molecule has 1 aliphatic rings. The van der Waals surface area contributed by atoms with Crippen LogP contribution in [0.15, 0.2) is 65.6 Å². The predicted molar refractivity (Wildman–Crippen MR) is 114 cm³/mol. The standard InChI is InChI=1S/C21H13F4N5O4S/c22-13-6-4-11(5-7-13)18-17(12-2-1-3-14(10-12)35(26,33)34)19(28-20(27-18)21(23,24)25)29-30-15(31)8-9-16(30)32/h1-10H,(H2,26,33,34)(H,27,28,29). The molecule has 0 saturated carbocycles. The second-order valence-corrected chi connectivity index (χ2v) is 8.72. The SMILES string of the molecule is NS(=O)(=O)c1cccc(-c2c(NN3C(=O)C=CC3=O)nc(C(F)(F)F)nc2-c2ccc(F)cc2)c1. The molecule has 4 rings (SSSR count). The molecular weight excluding hydrogens is 494 g/mol. The van der Waals surface area contributed by atoms with Crippen molar-refractivity contribution in [1.29, 1.82) is 0 Å². The highest BCUT2D eigenvalue weighted by Crippen LogP contribution is 2.39. The number of amides is 2. The lowest BCUT2D eigenvalue weighted by atomic mass is 9.99. The van der Waals surface area contributed by atoms with Crippen molar-refractivity contribution in [2.45, 2.75) is 11.1 Å². The first-order chi connectivity index (χ1) is 16.3. The maximum atomic E-state index is 13.7. The fourth-order valence-electron chi connectivity index (χ4n) is 3.20. The summed E-state index contributed by atoms with van der Waals surface area (Å²) in [5.41, 5.74) is 1.67. The number of benzene rings is 2. The maximum Gasteiger partial charge on any atom is 0.451 e. The van der Waals surface area contributed by atoms with Crippen LogP contribution in [0.5, 0.6) is 0 Å². The Balaban J connectivity index is 2.05. The number of halogens is 4. The maximum absolute atomic E-state index is 13.7. The van der Waals surface area contributed by atoms with Gasteiger partial charge in [-0.3, -0.25) is 15.0 Å². The van der Waals surface area contributed by atoms with Crippen LogP contribution in [0.3, 0.4) is 0 Å². The van der Waals surface area contributed by atoms with Crippen LogP contribution < -0.4 is 10.6 Å². The number of sulfonamides is 1. The second kappa shape index (κ2) is 8.56. The number of imide groups is 1. The zero-order valence-corrected chi connectivity index (χ0v) is 18.1. The van der Waals surface area contributed by atoms with Gasteiger partial charge in [0, 0.05) is 17.7 Å². The van der Waals surface area contributed by atoms with E-state index in [0.717, 1.165) is 48.6 Å². The molecule has 14 heteroatoms. The summed E-state index contributed by atoms with van der Waals surface area (Å²) < 4.78 is 78.3. The van der Waals surface area contributed by atoms with Crippen molar-refractivity contribution < 1.29 is 35.6 Å². The number of anilines is 1. The molecule has 0 atom stereocenters. The number of primary sulfonamides is 1. The summed E-state index contributed by atoms with van der Waals surface area (Å²) in [5.74, 6) is -4.69. The summed E-state index contributed by atoms with van der Waals surface area (Å²) in [6.07, 6.45) is -3.27. The Bertz CT molecular complexity index is 1470. The van der Waals surface area contributed by atoms with E-state index >= 15 is 0 Å². The number of carbonyl (C=O) groups is 2. The number of nitrogens with zero attached hydrogens (tertiary/aromatic N) is 3. The Morgan fingerprint density at radius 2 is 1.54 bits per heavy atom. The smallest absolute Gasteiger partial charge is 0.271 e. The summed E-state index contributed by atoms with van der Waals surface area (Å²) in [6.45, 7) is 0. The van der Waals surface area contributed by atoms with Crippen LogP contribution >= 0.6 is 0 Å². The molecule has 1 aromatic heterocycles. The van der Waals surface area contributed by atoms with Crippen LogP contribution in [0.1, 0.15) is 5.82 Å². The summed E-state index contributed by atoms with van der Waals surface area (Å²) in [7, 11) is -4.22. The Kier molecular flexibility index (Phi) is 5.86. The summed E-state index contributed by atoms with van der Waals surface area (Å²) in [4.78, 5) is 30.8. The fraction of sp³-hybridized carbons (Fsp3) is 0.0476. The van der Waals surface area contributed by atoms with E-state index in [4.69, 9.17) is 5.14 Å². The molecule has 0 saturated heterocycles. The highest BCUT2D eigenvalue weighted by molar-refractivity contribution is 7.89. The van der Waals surface area contributed by atoms with Gasteiger partial charge in [-0.2, -0.15) is 18.2 Å². The van der Waals surface area contributed by atoms with Crippen molar-refractivity contribution in [3.8, 4) is 22.4 Å². The molecule has 1 aliphatic heterocycles. The van der Waals surface area contributed by atoms with E-state index in [1.165, 1.54) is 12.1 Å². The van der Waals surface area contributed by atoms with Crippen LogP contribution in [0, 0.1) is 5.82 Å². The second-order valence-electron chi connectivity index (χ2n) is 7.15. The van der Waals surface area contributed by atoms with E-state index in [9.17, 15) is 35.6 Å². The largest absolute Gasteiger partial charge is 0.451 e. The van der Waals surface area contributed by atoms with E-state index in [-0.39, 0.29) is 27.3 Å². The van der Waals surface area contributed by atoms with Gasteiger partial charge in [-0.05, 0) is 42.0 Å². The molecule has 2 aromatic carbocycles. The third kappa shape index (κ3) is 4.88. The van der Waals surface area contributed by atoms with Gasteiger partial charge in [0.15, 0.2) is 5.82 Å². The molecule has 0 radical (unpaired) electrons. The minimum atomic E-state index is -5.05. The Morgan fingerprint density at radius 1 is 0.914 bits per heavy atom. The zero-order valence-electron chi connectivity index (χ0n) is 17.2. The first-order valence-corrected chi connectivity index (χ1v) is 11.1. The van der Waals surface area contributed by atoms with Crippen molar-refractivity contribution in [3.05, 3.63) is 72.3 Å². The molecule has 3 N–H and O–H groups in total. The van der Waals surface area contributed by atoms with Gasteiger partial charge in [0.25, 0.3) is 11.8 Å². The fourth-order valence-corrected chi connectivity index (χ4v) is 3.76. The van der Waals surface area contributed by atoms with E-state index in [1.54, 1.807) is 0 Å². The molecule has 2 amide bonds. The summed E-state index contributed by atoms with van der Waals surface area (Å²) in [5, 5.41) is 5.61. The number of hydrogen-bond donors (Lipinski definition) is 2. The topological polar surface area (TPSA) is 135 Å². The summed E-state index contributed by atoms with van der Waals surface area (Å²) in [6, 6.07) is 9.12. The molecule has 35 heavy (non-hydrogen) atoms. The van der Waals surface area contributed by atoms with Crippen LogP contribution in [0.25, 0.3) is 22.4 Å². The van der Waals surface area contributed by atoms with Gasteiger partial charge in [0.1, 0.15) is 5.82 Å². The normalized spacial score (nSPS) is 14.0. The minimum Gasteiger partial charge on any atom is -0.271 e. The van der Waals surface area contributed by atoms with Crippen molar-refractivity contribution >= 4 is 27.7 Å². The molecule has 3 aromatic rings. The average molecular weight is 507 g/mol. The lowest BCUT2D eigenvalue weighted by Crippen LogP contribution is -2.36. The van der Waals surface area contributed by atoms with Crippen molar-refractivity contribution in [2.75, 3.05) is 5.43 Å². The summed E-state index contributed by atoms with van der Waals surface area (Å²) >= 11 is 0. The Labute approximate surface area is 194 Å². The van der Waals surface area contributed by atoms with E-state index in [0.29, 0.717) is 5.01 Å². The lowest BCUT2D eigenvalue weighted by molar-refractivity contribution is -0.144. The highest BCUT2D eigenvalue weighted by atomic mass is 32.2. The molecule has 180 valence electrons. The molecule has 0 unspecified atom stereocenters. The monoisotopic (exact) mass is 507 g/mol. The van der Waals surface area contributed by atoms with E-state index < -0.39 is 45.5 Å². The van der Waals surface area contributed by atoms with Gasteiger partial charge in [0.2, 0.25) is 15.8 Å². The van der Waals surface area contributed by atoms with Gasteiger partial charge in [-0.1, -0.05) is 12.1 Å². The van der Waals surface area contributed by atoms with Gasteiger partial charge in [-0.15, -0.1) is 0 Å². The van der Waals surface area contributed by atoms with Crippen LogP contribution in [0.2, 0.25) is 0 Å². The van der Waals surface area contributed by atoms with Crippen molar-refractivity contribution in [1.82, 2.24) is 15.0 Å². The van der Waals surface area contributed by atoms with Crippen LogP contribution in [0.4, 0.5) is 23.4 Å². The number of nitrogens with two attached hydrogens (primary N) is 1. The molecule has 0 spiro atoms. The zero-order chi connectivity index (χ0) is 25.5. The molecule has 0 bridgehead atoms. The molecule has 2 heterocycles. The first kappa shape index (κ1) is 24.0. The third-order valence-corrected chi connectivity index (χ3v) is 5.67. The van der Waals surface area contributed by atoms with Crippen LogP contribution in [-0.2, 0) is 25.8 Å². The number of alkyl halides is 3. The number of nitrogens with one attached hydrogen (secondary N) is 1. The van der Waals surface area contributed by atoms with Crippen molar-refractivity contribution in [2.24, 2.45) is 5.14 Å². The lowest BCUT2D eigenvalue weighted by Gasteiger charge is -2.21. The number of aromatic nitrogens is 2. The molecule has 9 nitrogen and oxygen atoms in total. The predicted octanol–water partition coefficient (Wildman–Crippen LogP) is 2.87. The molecule has 0 fully saturated rings. The Morgan fingerprint density at radius 3 is 2.11 bits per heavy atom. The van der Waals surface area contributed by atoms with Crippen LogP contribution in [-0.4, -0.2) is 35.2 Å². The quantitative estimate of drug-likeness (QED) is 0.400. The van der Waals surface area contributed by atoms with Crippen molar-refractivity contribution in [3.63, 3.8) is 0 Å². The number of rotatable bonds is 5. The average Bonchev–Trinajstić information content (AvgIpc) is 3.10. The van der Waals surface area contributed by atoms with Gasteiger partial charge < -0.3 is 0 Å². The number of hydrogen-bond acceptors (Lipinski definition) is 7. The van der Waals surface area contributed by atoms with E-state index in [1.807, 2.05) is 0 Å². The van der Waals surface area contributed by atoms with E-state index in [2.05, 4.69) is 15.4 Å². The Hall–Kier alpha value is -4.17. The first-order valence-electron chi connectivity index (χ1n) is 9.56. The van der Waals surface area contributed by atoms with Gasteiger partial charge in [0.05, 0.1) is 16.2 Å². The van der Waals surface area contributed by atoms with Gasteiger partial charge >= 0.3 is 6.18 Å². The third-order valence-electron chi connectivity index (χ3n) is 4.76.